The van der Waals surface area contributed by atoms with E-state index in [-0.39, 0.29) is 12.6 Å². The minimum Gasteiger partial charge on any atom is -0.462 e. The number of halogens is 3. The first-order valence-corrected chi connectivity index (χ1v) is 7.49. The van der Waals surface area contributed by atoms with Gasteiger partial charge in [-0.3, -0.25) is 9.58 Å². The van der Waals surface area contributed by atoms with Gasteiger partial charge in [0.1, 0.15) is 18.1 Å². The first-order valence-electron chi connectivity index (χ1n) is 7.49. The molecule has 3 rings (SSSR count). The van der Waals surface area contributed by atoms with Gasteiger partial charge >= 0.3 is 6.18 Å². The number of piperidine rings is 1. The fourth-order valence-electron chi connectivity index (χ4n) is 2.85. The molecular weight excluding hydrogens is 311 g/mol. The number of aliphatic hydroxyl groups is 1. The van der Waals surface area contributed by atoms with E-state index in [1.54, 1.807) is 6.07 Å². The molecule has 1 fully saturated rings. The molecular formula is C15H18F3N3O2. The molecule has 8 heteroatoms. The van der Waals surface area contributed by atoms with Gasteiger partial charge in [-0.2, -0.15) is 18.3 Å². The molecule has 0 unspecified atom stereocenters. The molecule has 0 saturated carbocycles. The lowest BCUT2D eigenvalue weighted by Crippen LogP contribution is -2.34. The first kappa shape index (κ1) is 16.1. The fraction of sp³-hybridized carbons (Fsp3) is 0.533. The SMILES string of the molecule is OCc1ccc(CN2CCC(n3ccc(C(F)(F)F)n3)CC2)o1. The van der Waals surface area contributed by atoms with E-state index < -0.39 is 11.9 Å². The zero-order chi connectivity index (χ0) is 16.4. The third kappa shape index (κ3) is 3.76. The summed E-state index contributed by atoms with van der Waals surface area (Å²) in [6, 6.07) is 4.59. The van der Waals surface area contributed by atoms with E-state index in [0.717, 1.165) is 37.8 Å². The van der Waals surface area contributed by atoms with Crippen molar-refractivity contribution in [2.75, 3.05) is 13.1 Å². The first-order chi connectivity index (χ1) is 11.0. The van der Waals surface area contributed by atoms with Crippen LogP contribution in [0.1, 0.15) is 36.1 Å². The smallest absolute Gasteiger partial charge is 0.435 e. The number of aromatic nitrogens is 2. The van der Waals surface area contributed by atoms with Crippen LogP contribution in [0.4, 0.5) is 13.2 Å². The van der Waals surface area contributed by atoms with Crippen LogP contribution in [-0.2, 0) is 19.3 Å². The summed E-state index contributed by atoms with van der Waals surface area (Å²) in [6.07, 6.45) is -1.50. The molecule has 0 aromatic carbocycles. The van der Waals surface area contributed by atoms with Gasteiger partial charge in [0, 0.05) is 19.3 Å². The molecule has 0 amide bonds. The van der Waals surface area contributed by atoms with Crippen LogP contribution in [0.5, 0.6) is 0 Å². The van der Waals surface area contributed by atoms with Crippen LogP contribution in [0.2, 0.25) is 0 Å². The van der Waals surface area contributed by atoms with Crippen LogP contribution in [0.25, 0.3) is 0 Å². The lowest BCUT2D eigenvalue weighted by Gasteiger charge is -2.31. The molecule has 3 heterocycles. The largest absolute Gasteiger partial charge is 0.462 e. The third-order valence-electron chi connectivity index (χ3n) is 4.08. The Hall–Kier alpha value is -1.80. The number of aliphatic hydroxyl groups excluding tert-OH is 1. The lowest BCUT2D eigenvalue weighted by atomic mass is 10.1. The predicted molar refractivity (Wildman–Crippen MR) is 75.4 cm³/mol. The molecule has 1 aliphatic heterocycles. The summed E-state index contributed by atoms with van der Waals surface area (Å²) in [6.45, 7) is 2.05. The Bertz CT molecular complexity index is 642. The van der Waals surface area contributed by atoms with Crippen molar-refractivity contribution < 1.29 is 22.7 Å². The summed E-state index contributed by atoms with van der Waals surface area (Å²) in [7, 11) is 0. The van der Waals surface area contributed by atoms with Gasteiger partial charge in [0.15, 0.2) is 5.69 Å². The van der Waals surface area contributed by atoms with E-state index >= 15 is 0 Å². The van der Waals surface area contributed by atoms with Crippen LogP contribution in [0.15, 0.2) is 28.8 Å². The van der Waals surface area contributed by atoms with Crippen molar-refractivity contribution in [1.29, 1.82) is 0 Å². The summed E-state index contributed by atoms with van der Waals surface area (Å²) in [5, 5.41) is 12.6. The number of nitrogens with zero attached hydrogens (tertiary/aromatic N) is 3. The summed E-state index contributed by atoms with van der Waals surface area (Å²) in [5.74, 6) is 1.32. The Kier molecular flexibility index (Phi) is 4.45. The van der Waals surface area contributed by atoms with Crippen LogP contribution < -0.4 is 0 Å². The number of alkyl halides is 3. The van der Waals surface area contributed by atoms with E-state index in [9.17, 15) is 13.2 Å². The van der Waals surface area contributed by atoms with Crippen LogP contribution in [0.3, 0.4) is 0 Å². The molecule has 0 bridgehead atoms. The number of hydrogen-bond acceptors (Lipinski definition) is 4. The Labute approximate surface area is 131 Å². The molecule has 126 valence electrons. The Balaban J connectivity index is 1.55. The standard InChI is InChI=1S/C15H18F3N3O2/c16-15(17,18)14-5-8-21(19-14)11-3-6-20(7-4-11)9-12-1-2-13(10-22)23-12/h1-2,5,8,11,22H,3-4,6-7,9-10H2. The molecule has 5 nitrogen and oxygen atoms in total. The topological polar surface area (TPSA) is 54.4 Å². The fourth-order valence-corrected chi connectivity index (χ4v) is 2.85. The molecule has 0 radical (unpaired) electrons. The number of likely N-dealkylation sites (tertiary alicyclic amines) is 1. The zero-order valence-corrected chi connectivity index (χ0v) is 12.5. The van der Waals surface area contributed by atoms with Gasteiger partial charge in [0.05, 0.1) is 12.6 Å². The maximum absolute atomic E-state index is 12.6. The summed E-state index contributed by atoms with van der Waals surface area (Å²) in [4.78, 5) is 2.19. The Morgan fingerprint density at radius 3 is 2.43 bits per heavy atom. The molecule has 2 aromatic rings. The van der Waals surface area contributed by atoms with E-state index in [1.165, 1.54) is 10.9 Å². The quantitative estimate of drug-likeness (QED) is 0.937. The number of hydrogen-bond donors (Lipinski definition) is 1. The van der Waals surface area contributed by atoms with Gasteiger partial charge in [-0.25, -0.2) is 0 Å². The molecule has 0 spiro atoms. The number of furan rings is 1. The lowest BCUT2D eigenvalue weighted by molar-refractivity contribution is -0.141. The molecule has 23 heavy (non-hydrogen) atoms. The second-order valence-electron chi connectivity index (χ2n) is 5.71. The average Bonchev–Trinajstić information content (AvgIpc) is 3.16. The van der Waals surface area contributed by atoms with Crippen molar-refractivity contribution in [2.24, 2.45) is 0 Å². The highest BCUT2D eigenvalue weighted by molar-refractivity contribution is 5.07. The van der Waals surface area contributed by atoms with Gasteiger partial charge in [-0.1, -0.05) is 0 Å². The van der Waals surface area contributed by atoms with Gasteiger partial charge in [-0.05, 0) is 31.0 Å². The van der Waals surface area contributed by atoms with Gasteiger partial charge < -0.3 is 9.52 Å². The second-order valence-corrected chi connectivity index (χ2v) is 5.71. The van der Waals surface area contributed by atoms with Crippen molar-refractivity contribution in [3.63, 3.8) is 0 Å². The van der Waals surface area contributed by atoms with Crippen molar-refractivity contribution >= 4 is 0 Å². The van der Waals surface area contributed by atoms with Gasteiger partial charge in [-0.15, -0.1) is 0 Å². The van der Waals surface area contributed by atoms with E-state index in [2.05, 4.69) is 10.00 Å². The zero-order valence-electron chi connectivity index (χ0n) is 12.5. The maximum atomic E-state index is 12.6. The van der Waals surface area contributed by atoms with Gasteiger partial charge in [0.25, 0.3) is 0 Å². The normalized spacial score (nSPS) is 17.7. The van der Waals surface area contributed by atoms with E-state index in [0.29, 0.717) is 12.3 Å². The minimum atomic E-state index is -4.39. The Morgan fingerprint density at radius 1 is 1.17 bits per heavy atom. The summed E-state index contributed by atoms with van der Waals surface area (Å²) < 4.78 is 44.7. The van der Waals surface area contributed by atoms with Crippen molar-refractivity contribution in [2.45, 2.75) is 38.2 Å². The highest BCUT2D eigenvalue weighted by atomic mass is 19.4. The number of rotatable bonds is 4. The van der Waals surface area contributed by atoms with Crippen molar-refractivity contribution in [1.82, 2.24) is 14.7 Å². The Morgan fingerprint density at radius 2 is 1.87 bits per heavy atom. The van der Waals surface area contributed by atoms with Crippen molar-refractivity contribution in [3.8, 4) is 0 Å². The second kappa shape index (κ2) is 6.37. The molecule has 2 aromatic heterocycles. The highest BCUT2D eigenvalue weighted by Crippen LogP contribution is 2.29. The molecule has 1 N–H and O–H groups in total. The minimum absolute atomic E-state index is 0.00745. The molecule has 1 aliphatic rings. The average molecular weight is 329 g/mol. The molecule has 0 atom stereocenters. The van der Waals surface area contributed by atoms with Crippen LogP contribution >= 0.6 is 0 Å². The van der Waals surface area contributed by atoms with Gasteiger partial charge in [0.2, 0.25) is 0 Å². The molecule has 0 aliphatic carbocycles. The van der Waals surface area contributed by atoms with Crippen LogP contribution in [0, 0.1) is 0 Å². The van der Waals surface area contributed by atoms with E-state index in [1.807, 2.05) is 6.07 Å². The third-order valence-corrected chi connectivity index (χ3v) is 4.08. The van der Waals surface area contributed by atoms with E-state index in [4.69, 9.17) is 9.52 Å². The highest BCUT2D eigenvalue weighted by Gasteiger charge is 2.34. The van der Waals surface area contributed by atoms with Crippen molar-refractivity contribution in [3.05, 3.63) is 41.6 Å². The summed E-state index contributed by atoms with van der Waals surface area (Å²) >= 11 is 0. The molecule has 1 saturated heterocycles. The predicted octanol–water partition coefficient (Wildman–Crippen LogP) is 2.82. The monoisotopic (exact) mass is 329 g/mol. The summed E-state index contributed by atoms with van der Waals surface area (Å²) in [5.41, 5.74) is -0.841. The maximum Gasteiger partial charge on any atom is 0.435 e. The van der Waals surface area contributed by atoms with Crippen LogP contribution in [-0.4, -0.2) is 32.9 Å².